The number of halogens is 2. The van der Waals surface area contributed by atoms with E-state index in [2.05, 4.69) is 4.98 Å². The van der Waals surface area contributed by atoms with Crippen LogP contribution in [0, 0.1) is 10.1 Å². The van der Waals surface area contributed by atoms with Gasteiger partial charge in [-0.3, -0.25) is 13.9 Å². The summed E-state index contributed by atoms with van der Waals surface area (Å²) in [6.45, 7) is 0.0735. The smallest absolute Gasteiger partial charge is 0.390 e. The lowest BCUT2D eigenvalue weighted by Gasteiger charge is -2.07. The van der Waals surface area contributed by atoms with Crippen molar-refractivity contribution in [1.29, 1.82) is 0 Å². The molecule has 114 valence electrons. The molecule has 0 amide bonds. The molecule has 9 nitrogen and oxygen atoms in total. The highest BCUT2D eigenvalue weighted by Gasteiger charge is 2.27. The van der Waals surface area contributed by atoms with Gasteiger partial charge in [-0.05, 0) is 9.91 Å². The van der Waals surface area contributed by atoms with Crippen LogP contribution in [0.15, 0.2) is 9.59 Å². The molecule has 0 atom stereocenters. The highest BCUT2D eigenvalue weighted by molar-refractivity contribution is 6.18. The fourth-order valence-corrected chi connectivity index (χ4v) is 2.42. The van der Waals surface area contributed by atoms with Crippen LogP contribution in [0.1, 0.15) is 0 Å². The van der Waals surface area contributed by atoms with E-state index in [0.29, 0.717) is 0 Å². The normalized spacial score (nSPS) is 11.2. The summed E-state index contributed by atoms with van der Waals surface area (Å²) in [4.78, 5) is 38.6. The summed E-state index contributed by atoms with van der Waals surface area (Å²) in [5.41, 5.74) is -1.38. The summed E-state index contributed by atoms with van der Waals surface area (Å²) < 4.78 is 3.11. The number of aryl methyl sites for hydroxylation is 2. The molecule has 0 aliphatic carbocycles. The molecule has 0 fully saturated rings. The number of nitro groups is 1. The molecule has 21 heavy (non-hydrogen) atoms. The lowest BCUT2D eigenvalue weighted by Crippen LogP contribution is -2.41. The van der Waals surface area contributed by atoms with Gasteiger partial charge in [-0.1, -0.05) is 0 Å². The van der Waals surface area contributed by atoms with Gasteiger partial charge in [0.25, 0.3) is 11.2 Å². The zero-order valence-electron chi connectivity index (χ0n) is 11.0. The van der Waals surface area contributed by atoms with Crippen LogP contribution in [0.2, 0.25) is 0 Å². The minimum atomic E-state index is -0.721. The van der Waals surface area contributed by atoms with Crippen molar-refractivity contribution in [3.8, 4) is 0 Å². The zero-order valence-corrected chi connectivity index (χ0v) is 12.5. The molecular formula is C10H11Cl2N5O4. The van der Waals surface area contributed by atoms with Gasteiger partial charge >= 0.3 is 11.6 Å². The molecule has 0 radical (unpaired) electrons. The Hall–Kier alpha value is -1.87. The van der Waals surface area contributed by atoms with Gasteiger partial charge < -0.3 is 10.1 Å². The van der Waals surface area contributed by atoms with Gasteiger partial charge in [0.2, 0.25) is 5.52 Å². The summed E-state index contributed by atoms with van der Waals surface area (Å²) in [6.07, 6.45) is 0. The van der Waals surface area contributed by atoms with E-state index in [1.165, 1.54) is 7.05 Å². The Morgan fingerprint density at radius 2 is 1.76 bits per heavy atom. The van der Waals surface area contributed by atoms with Crippen molar-refractivity contribution in [3.63, 3.8) is 0 Å². The Morgan fingerprint density at radius 1 is 1.19 bits per heavy atom. The van der Waals surface area contributed by atoms with Crippen molar-refractivity contribution >= 4 is 40.3 Å². The van der Waals surface area contributed by atoms with Crippen molar-refractivity contribution in [2.24, 2.45) is 7.05 Å². The van der Waals surface area contributed by atoms with Gasteiger partial charge in [-0.15, -0.1) is 23.2 Å². The van der Waals surface area contributed by atoms with Gasteiger partial charge in [0.05, 0.1) is 7.05 Å². The first kappa shape index (κ1) is 15.5. The summed E-state index contributed by atoms with van der Waals surface area (Å²) in [7, 11) is 1.34. The quantitative estimate of drug-likeness (QED) is 0.443. The van der Waals surface area contributed by atoms with Gasteiger partial charge in [-0.2, -0.15) is 0 Å². The summed E-state index contributed by atoms with van der Waals surface area (Å²) in [5.74, 6) is -0.367. The Kier molecular flexibility index (Phi) is 4.33. The number of fused-ring (bicyclic) bond motifs is 1. The molecule has 2 aromatic rings. The Morgan fingerprint density at radius 3 is 2.29 bits per heavy atom. The third-order valence-electron chi connectivity index (χ3n) is 3.00. The highest BCUT2D eigenvalue weighted by atomic mass is 35.5. The SMILES string of the molecule is Cn1c([N+](=O)[O-])nc2c1c(=O)n(CCCl)c(=O)n2CCCl. The van der Waals surface area contributed by atoms with E-state index < -0.39 is 22.1 Å². The molecule has 0 aliphatic heterocycles. The summed E-state index contributed by atoms with van der Waals surface area (Å²) in [5, 5.41) is 10.9. The van der Waals surface area contributed by atoms with Crippen LogP contribution in [-0.2, 0) is 20.1 Å². The topological polar surface area (TPSA) is 105 Å². The maximum atomic E-state index is 12.3. The Bertz CT molecular complexity index is 821. The van der Waals surface area contributed by atoms with Crippen LogP contribution in [0.5, 0.6) is 0 Å². The molecule has 0 N–H and O–H groups in total. The van der Waals surface area contributed by atoms with Gasteiger partial charge in [0.15, 0.2) is 0 Å². The molecule has 0 spiro atoms. The Balaban J connectivity index is 2.98. The van der Waals surface area contributed by atoms with E-state index in [0.717, 1.165) is 13.7 Å². The lowest BCUT2D eigenvalue weighted by atomic mass is 10.4. The number of nitrogens with zero attached hydrogens (tertiary/aromatic N) is 5. The second-order valence-electron chi connectivity index (χ2n) is 4.17. The molecule has 0 bridgehead atoms. The van der Waals surface area contributed by atoms with Crippen molar-refractivity contribution < 1.29 is 4.92 Å². The minimum absolute atomic E-state index is 0.00355. The first-order valence-electron chi connectivity index (χ1n) is 5.90. The van der Waals surface area contributed by atoms with E-state index in [1.807, 2.05) is 0 Å². The van der Waals surface area contributed by atoms with E-state index in [9.17, 15) is 19.7 Å². The van der Waals surface area contributed by atoms with Crippen LogP contribution >= 0.6 is 23.2 Å². The number of alkyl halides is 2. The first-order valence-corrected chi connectivity index (χ1v) is 6.97. The third kappa shape index (κ3) is 2.42. The zero-order chi connectivity index (χ0) is 15.7. The minimum Gasteiger partial charge on any atom is -0.390 e. The number of hydrogen-bond donors (Lipinski definition) is 0. The summed E-state index contributed by atoms with van der Waals surface area (Å²) in [6, 6.07) is 0. The number of rotatable bonds is 5. The summed E-state index contributed by atoms with van der Waals surface area (Å²) >= 11 is 11.2. The molecule has 0 saturated heterocycles. The maximum Gasteiger partial charge on any atom is 0.437 e. The third-order valence-corrected chi connectivity index (χ3v) is 3.34. The molecular weight excluding hydrogens is 325 g/mol. The fraction of sp³-hybridized carbons (Fsp3) is 0.500. The monoisotopic (exact) mass is 335 g/mol. The molecule has 2 heterocycles. The second-order valence-corrected chi connectivity index (χ2v) is 4.93. The molecule has 11 heteroatoms. The molecule has 0 aliphatic rings. The van der Waals surface area contributed by atoms with Gasteiger partial charge in [-0.25, -0.2) is 9.36 Å². The predicted molar refractivity (Wildman–Crippen MR) is 77.3 cm³/mol. The average Bonchev–Trinajstić information content (AvgIpc) is 2.77. The van der Waals surface area contributed by atoms with Crippen molar-refractivity contribution in [2.45, 2.75) is 13.1 Å². The second kappa shape index (κ2) is 5.86. The number of aromatic nitrogens is 4. The number of imidazole rings is 1. The standard InChI is InChI=1S/C10H11Cl2N5O4/c1-14-6-7(13-9(14)17(20)21)15(4-2-11)10(19)16(5-3-12)8(6)18/h2-5H2,1H3. The van der Waals surface area contributed by atoms with Gasteiger partial charge in [0.1, 0.15) is 0 Å². The van der Waals surface area contributed by atoms with Crippen molar-refractivity contribution in [1.82, 2.24) is 18.7 Å². The van der Waals surface area contributed by atoms with Crippen LogP contribution in [-0.4, -0.2) is 35.4 Å². The lowest BCUT2D eigenvalue weighted by molar-refractivity contribution is -0.396. The van der Waals surface area contributed by atoms with Crippen LogP contribution in [0.25, 0.3) is 11.2 Å². The van der Waals surface area contributed by atoms with E-state index >= 15 is 0 Å². The highest BCUT2D eigenvalue weighted by Crippen LogP contribution is 2.15. The number of hydrogen-bond acceptors (Lipinski definition) is 5. The largest absolute Gasteiger partial charge is 0.437 e. The van der Waals surface area contributed by atoms with E-state index in [1.54, 1.807) is 0 Å². The predicted octanol–water partition coefficient (Wildman–Crippen LogP) is 0.282. The Labute approximate surface area is 127 Å². The molecule has 2 rings (SSSR count). The molecule has 0 unspecified atom stereocenters. The van der Waals surface area contributed by atoms with Crippen LogP contribution in [0.4, 0.5) is 5.95 Å². The van der Waals surface area contributed by atoms with Crippen LogP contribution < -0.4 is 11.2 Å². The van der Waals surface area contributed by atoms with Crippen LogP contribution in [0.3, 0.4) is 0 Å². The average molecular weight is 336 g/mol. The molecule has 2 aromatic heterocycles. The van der Waals surface area contributed by atoms with Gasteiger partial charge in [0, 0.05) is 24.8 Å². The van der Waals surface area contributed by atoms with E-state index in [-0.39, 0.29) is 36.0 Å². The molecule has 0 saturated carbocycles. The maximum absolute atomic E-state index is 12.3. The van der Waals surface area contributed by atoms with Crippen molar-refractivity contribution in [2.75, 3.05) is 11.8 Å². The first-order chi connectivity index (χ1) is 9.93. The van der Waals surface area contributed by atoms with E-state index in [4.69, 9.17) is 23.2 Å². The fourth-order valence-electron chi connectivity index (χ4n) is 2.08. The van der Waals surface area contributed by atoms with Crippen molar-refractivity contribution in [3.05, 3.63) is 31.0 Å². The molecule has 0 aromatic carbocycles.